The summed E-state index contributed by atoms with van der Waals surface area (Å²) in [6.45, 7) is 3.16. The largest absolute Gasteiger partial charge is 0.495 e. The molecule has 5 nitrogen and oxygen atoms in total. The van der Waals surface area contributed by atoms with Gasteiger partial charge in [-0.3, -0.25) is 4.79 Å². The highest BCUT2D eigenvalue weighted by Crippen LogP contribution is 2.22. The van der Waals surface area contributed by atoms with E-state index in [1.807, 2.05) is 62.5 Å². The van der Waals surface area contributed by atoms with Crippen molar-refractivity contribution >= 4 is 27.5 Å². The molecular formula is C19H24BrN2O3+. The molecule has 2 aromatic rings. The van der Waals surface area contributed by atoms with E-state index in [1.165, 1.54) is 0 Å². The van der Waals surface area contributed by atoms with Gasteiger partial charge in [0.25, 0.3) is 5.91 Å². The van der Waals surface area contributed by atoms with Gasteiger partial charge in [0.15, 0.2) is 6.04 Å². The van der Waals surface area contributed by atoms with Crippen LogP contribution in [0, 0.1) is 0 Å². The smallest absolute Gasteiger partial charge is 0.282 e. The van der Waals surface area contributed by atoms with Gasteiger partial charge >= 0.3 is 0 Å². The summed E-state index contributed by atoms with van der Waals surface area (Å²) < 4.78 is 12.0. The van der Waals surface area contributed by atoms with Gasteiger partial charge in [0.1, 0.15) is 24.7 Å². The average molecular weight is 408 g/mol. The average Bonchev–Trinajstić information content (AvgIpc) is 2.63. The summed E-state index contributed by atoms with van der Waals surface area (Å²) in [7, 11) is 3.57. The van der Waals surface area contributed by atoms with Crippen molar-refractivity contribution in [2.24, 2.45) is 0 Å². The molecule has 0 aliphatic heterocycles. The van der Waals surface area contributed by atoms with E-state index >= 15 is 0 Å². The molecule has 0 spiro atoms. The molecule has 25 heavy (non-hydrogen) atoms. The molecule has 2 N–H and O–H groups in total. The fraction of sp³-hybridized carbons (Fsp3) is 0.316. The highest BCUT2D eigenvalue weighted by atomic mass is 79.9. The molecule has 6 heteroatoms. The molecule has 0 aliphatic rings. The first-order valence-corrected chi connectivity index (χ1v) is 8.95. The number of benzene rings is 2. The summed E-state index contributed by atoms with van der Waals surface area (Å²) >= 11 is 3.40. The van der Waals surface area contributed by atoms with Gasteiger partial charge in [0, 0.05) is 4.47 Å². The molecule has 0 saturated heterocycles. The molecule has 0 bridgehead atoms. The maximum absolute atomic E-state index is 12.5. The maximum atomic E-state index is 12.5. The second-order valence-corrected chi connectivity index (χ2v) is 6.73. The number of quaternary nitrogens is 1. The van der Waals surface area contributed by atoms with Gasteiger partial charge in [-0.15, -0.1) is 0 Å². The van der Waals surface area contributed by atoms with Crippen LogP contribution in [0.3, 0.4) is 0 Å². The van der Waals surface area contributed by atoms with Gasteiger partial charge in [-0.25, -0.2) is 0 Å². The summed E-state index contributed by atoms with van der Waals surface area (Å²) in [6, 6.07) is 14.9. The molecule has 0 heterocycles. The molecule has 2 rings (SSSR count). The number of ether oxygens (including phenoxy) is 2. The lowest BCUT2D eigenvalue weighted by Crippen LogP contribution is -3.14. The quantitative estimate of drug-likeness (QED) is 0.706. The van der Waals surface area contributed by atoms with Crippen molar-refractivity contribution in [1.29, 1.82) is 0 Å². The van der Waals surface area contributed by atoms with E-state index in [-0.39, 0.29) is 11.9 Å². The summed E-state index contributed by atoms with van der Waals surface area (Å²) in [6.07, 6.45) is 0. The van der Waals surface area contributed by atoms with E-state index in [9.17, 15) is 4.79 Å². The fourth-order valence-electron chi connectivity index (χ4n) is 2.29. The lowest BCUT2D eigenvalue weighted by Gasteiger charge is -2.21. The van der Waals surface area contributed by atoms with E-state index in [0.717, 1.165) is 21.7 Å². The molecule has 1 amide bonds. The minimum absolute atomic E-state index is 0.0503. The van der Waals surface area contributed by atoms with Crippen LogP contribution in [0.2, 0.25) is 0 Å². The van der Waals surface area contributed by atoms with Crippen LogP contribution in [0.1, 0.15) is 6.92 Å². The first-order valence-electron chi connectivity index (χ1n) is 8.16. The Kier molecular flexibility index (Phi) is 7.28. The Bertz CT molecular complexity index is 691. The van der Waals surface area contributed by atoms with Crippen LogP contribution < -0.4 is 19.7 Å². The van der Waals surface area contributed by atoms with Crippen LogP contribution in [0.4, 0.5) is 5.69 Å². The zero-order valence-corrected chi connectivity index (χ0v) is 16.3. The molecule has 0 aliphatic carbocycles. The number of halogens is 1. The molecule has 1 unspecified atom stereocenters. The number of hydrogen-bond donors (Lipinski definition) is 2. The van der Waals surface area contributed by atoms with Crippen molar-refractivity contribution < 1.29 is 19.2 Å². The van der Waals surface area contributed by atoms with Gasteiger partial charge in [0.05, 0.1) is 19.8 Å². The highest BCUT2D eigenvalue weighted by molar-refractivity contribution is 9.10. The van der Waals surface area contributed by atoms with E-state index in [0.29, 0.717) is 18.0 Å². The number of anilines is 1. The van der Waals surface area contributed by atoms with Gasteiger partial charge in [-0.1, -0.05) is 28.1 Å². The molecular weight excluding hydrogens is 384 g/mol. The zero-order valence-electron chi connectivity index (χ0n) is 14.7. The molecule has 0 aromatic heterocycles. The third kappa shape index (κ3) is 5.76. The number of hydrogen-bond acceptors (Lipinski definition) is 3. The Labute approximate surface area is 157 Å². The first-order chi connectivity index (χ1) is 12.0. The predicted octanol–water partition coefficient (Wildman–Crippen LogP) is 2.38. The maximum Gasteiger partial charge on any atom is 0.282 e. The van der Waals surface area contributed by atoms with E-state index < -0.39 is 0 Å². The number of para-hydroxylation sites is 2. The van der Waals surface area contributed by atoms with Crippen LogP contribution in [0.25, 0.3) is 0 Å². The molecule has 0 fully saturated rings. The number of rotatable bonds is 8. The van der Waals surface area contributed by atoms with Crippen molar-refractivity contribution in [3.05, 3.63) is 53.0 Å². The van der Waals surface area contributed by atoms with Crippen molar-refractivity contribution in [2.45, 2.75) is 13.0 Å². The lowest BCUT2D eigenvalue weighted by atomic mass is 10.2. The Morgan fingerprint density at radius 3 is 2.56 bits per heavy atom. The Hall–Kier alpha value is -2.05. The van der Waals surface area contributed by atoms with E-state index in [1.54, 1.807) is 7.11 Å². The van der Waals surface area contributed by atoms with Gasteiger partial charge in [-0.05, 0) is 43.3 Å². The molecule has 2 atom stereocenters. The predicted molar refractivity (Wildman–Crippen MR) is 102 cm³/mol. The summed E-state index contributed by atoms with van der Waals surface area (Å²) in [5.74, 6) is 1.42. The second kappa shape index (κ2) is 9.44. The van der Waals surface area contributed by atoms with Crippen molar-refractivity contribution in [2.75, 3.05) is 32.6 Å². The summed E-state index contributed by atoms with van der Waals surface area (Å²) in [5.41, 5.74) is 0.681. The van der Waals surface area contributed by atoms with Crippen LogP contribution >= 0.6 is 15.9 Å². The summed E-state index contributed by atoms with van der Waals surface area (Å²) in [4.78, 5) is 13.5. The molecule has 134 valence electrons. The number of carbonyl (C=O) groups excluding carboxylic acids is 1. The molecule has 0 saturated carbocycles. The highest BCUT2D eigenvalue weighted by Gasteiger charge is 2.22. The van der Waals surface area contributed by atoms with Crippen LogP contribution in [0.5, 0.6) is 11.5 Å². The zero-order chi connectivity index (χ0) is 18.2. The van der Waals surface area contributed by atoms with Crippen molar-refractivity contribution in [3.8, 4) is 11.5 Å². The summed E-state index contributed by atoms with van der Waals surface area (Å²) in [5, 5.41) is 2.93. The number of carbonyl (C=O) groups is 1. The second-order valence-electron chi connectivity index (χ2n) is 5.81. The third-order valence-corrected chi connectivity index (χ3v) is 4.60. The van der Waals surface area contributed by atoms with Crippen molar-refractivity contribution in [3.63, 3.8) is 0 Å². The topological polar surface area (TPSA) is 52.0 Å². The Balaban J connectivity index is 1.83. The van der Waals surface area contributed by atoms with Gasteiger partial charge in [0.2, 0.25) is 0 Å². The Morgan fingerprint density at radius 1 is 1.20 bits per heavy atom. The third-order valence-electron chi connectivity index (χ3n) is 4.08. The van der Waals surface area contributed by atoms with Crippen LogP contribution in [-0.4, -0.2) is 39.3 Å². The first kappa shape index (κ1) is 19.3. The minimum atomic E-state index is -0.210. The van der Waals surface area contributed by atoms with Crippen LogP contribution in [0.15, 0.2) is 53.0 Å². The normalized spacial score (nSPS) is 13.0. The van der Waals surface area contributed by atoms with Crippen LogP contribution in [-0.2, 0) is 4.79 Å². The monoisotopic (exact) mass is 407 g/mol. The van der Waals surface area contributed by atoms with Gasteiger partial charge < -0.3 is 19.7 Å². The molecule has 2 aromatic carbocycles. The lowest BCUT2D eigenvalue weighted by molar-refractivity contribution is -0.894. The fourth-order valence-corrected chi connectivity index (χ4v) is 2.55. The minimum Gasteiger partial charge on any atom is -0.495 e. The molecule has 0 radical (unpaired) electrons. The van der Waals surface area contributed by atoms with Gasteiger partial charge in [-0.2, -0.15) is 0 Å². The van der Waals surface area contributed by atoms with E-state index in [4.69, 9.17) is 9.47 Å². The van der Waals surface area contributed by atoms with E-state index in [2.05, 4.69) is 21.2 Å². The number of nitrogens with one attached hydrogen (secondary N) is 2. The number of methoxy groups -OCH3 is 1. The van der Waals surface area contributed by atoms with Crippen molar-refractivity contribution in [1.82, 2.24) is 0 Å². The number of amides is 1. The Morgan fingerprint density at radius 2 is 1.88 bits per heavy atom. The SMILES string of the molecule is COc1ccccc1NC(=O)[C@@H](C)[NH+](C)CCOc1ccc(Br)cc1. The number of likely N-dealkylation sites (N-methyl/N-ethyl adjacent to an activating group) is 1. The standard InChI is InChI=1S/C19H23BrN2O3/c1-14(19(23)21-17-6-4-5-7-18(17)24-3)22(2)12-13-25-16-10-8-15(20)9-11-16/h4-11,14H,12-13H2,1-3H3,(H,21,23)/p+1/t14-/m1/s1.